The molecule has 12 N–H and O–H groups in total. The maximum Gasteiger partial charge on any atom is 0.302 e. The lowest BCUT2D eigenvalue weighted by Gasteiger charge is -2.70. The number of ether oxygens (including phenoxy) is 9. The Morgan fingerprint density at radius 1 is 0.636 bits per heavy atom. The van der Waals surface area contributed by atoms with Crippen molar-refractivity contribution >= 4 is 5.97 Å². The summed E-state index contributed by atoms with van der Waals surface area (Å²) in [6, 6.07) is 0. The zero-order valence-electron chi connectivity index (χ0n) is 46.3. The summed E-state index contributed by atoms with van der Waals surface area (Å²) in [5.41, 5.74) is -1.32. The number of fused-ring (bicyclic) bond motifs is 5. The van der Waals surface area contributed by atoms with Crippen LogP contribution in [0, 0.1) is 45.3 Å². The van der Waals surface area contributed by atoms with Gasteiger partial charge in [-0.1, -0.05) is 46.3 Å². The van der Waals surface area contributed by atoms with E-state index in [2.05, 4.69) is 40.7 Å². The molecule has 77 heavy (non-hydrogen) atoms. The Labute approximate surface area is 451 Å². The molecule has 8 fully saturated rings. The van der Waals surface area contributed by atoms with E-state index in [1.807, 2.05) is 13.8 Å². The number of aliphatic hydroxyl groups is 12. The van der Waals surface area contributed by atoms with Crippen LogP contribution in [-0.4, -0.2) is 222 Å². The number of carbonyl (C=O) groups is 1. The van der Waals surface area contributed by atoms with Crippen molar-refractivity contribution in [2.75, 3.05) is 26.4 Å². The van der Waals surface area contributed by atoms with Crippen molar-refractivity contribution in [2.45, 2.75) is 255 Å². The molecule has 0 aromatic rings. The second-order valence-corrected chi connectivity index (χ2v) is 25.7. The number of hydrogen-bond donors (Lipinski definition) is 12. The summed E-state index contributed by atoms with van der Waals surface area (Å²) in [5.74, 6) is -0.346. The topological polar surface area (TPSA) is 343 Å². The van der Waals surface area contributed by atoms with E-state index in [1.54, 1.807) is 0 Å². The molecule has 8 aliphatic rings. The Morgan fingerprint density at radius 2 is 1.27 bits per heavy atom. The molecule has 4 saturated carbocycles. The zero-order valence-corrected chi connectivity index (χ0v) is 46.3. The molecule has 0 aromatic heterocycles. The van der Waals surface area contributed by atoms with Gasteiger partial charge < -0.3 is 104 Å². The lowest BCUT2D eigenvalue weighted by Crippen LogP contribution is -2.68. The third kappa shape index (κ3) is 11.3. The fourth-order valence-corrected chi connectivity index (χ4v) is 16.1. The summed E-state index contributed by atoms with van der Waals surface area (Å²) in [6.07, 6.45) is -20.1. The molecule has 0 spiro atoms. The van der Waals surface area contributed by atoms with Gasteiger partial charge in [-0.2, -0.15) is 0 Å². The lowest BCUT2D eigenvalue weighted by molar-refractivity contribution is -0.395. The average molecular weight is 1110 g/mol. The molecule has 22 nitrogen and oxygen atoms in total. The normalized spacial score (nSPS) is 50.6. The predicted molar refractivity (Wildman–Crippen MR) is 268 cm³/mol. The molecular formula is C55H92O22. The standard InChI is InChI=1S/C55H92O22/c1-25(2)11-10-17-55(68,24-71-48-43(66)41(64)38(61)31(21-56)73-48)29-14-19-53(8)28(29)12-13-34-52(7)18-16-35(51(5,6)33(52)15-20-54(34,53)9)75-50-46(77-49-44(67)40(63)36(59)26(3)72-49)45(39(62)32(74-50)23-69-27(4)57)76-47-42(65)37(60)30(58)22-70-47/h11,26,28-50,56,58-68H,10,12-24H2,1-9H3. The molecular weight excluding hydrogens is 1010 g/mol. The van der Waals surface area contributed by atoms with Crippen molar-refractivity contribution in [3.05, 3.63) is 11.6 Å². The van der Waals surface area contributed by atoms with Gasteiger partial charge in [-0.15, -0.1) is 0 Å². The third-order valence-corrected chi connectivity index (χ3v) is 20.7. The highest BCUT2D eigenvalue weighted by Gasteiger charge is 2.70. The SMILES string of the molecule is CC(=O)OCC1OC(OC2CCC3(C)C(CCC4(C)C3CCC3C(C(O)(CCC=C(C)C)COC5OC(CO)C(O)C(O)C5O)CCC34C)C2(C)C)C(OC2OC(C)C(O)C(O)C2O)C(OC2OCC(O)C(O)C2O)C1O. The molecule has 8 rings (SSSR count). The second-order valence-electron chi connectivity index (χ2n) is 25.7. The number of esters is 1. The van der Waals surface area contributed by atoms with Gasteiger partial charge in [-0.05, 0) is 130 Å². The van der Waals surface area contributed by atoms with Crippen LogP contribution in [0.3, 0.4) is 0 Å². The van der Waals surface area contributed by atoms with Gasteiger partial charge in [0.25, 0.3) is 0 Å². The highest BCUT2D eigenvalue weighted by molar-refractivity contribution is 5.65. The van der Waals surface area contributed by atoms with Crippen molar-refractivity contribution in [1.29, 1.82) is 0 Å². The van der Waals surface area contributed by atoms with Gasteiger partial charge in [0.15, 0.2) is 25.2 Å². The molecule has 0 bridgehead atoms. The van der Waals surface area contributed by atoms with Crippen LogP contribution in [0.25, 0.3) is 0 Å². The van der Waals surface area contributed by atoms with Gasteiger partial charge in [0.2, 0.25) is 0 Å². The van der Waals surface area contributed by atoms with Crippen LogP contribution in [0.5, 0.6) is 0 Å². The first-order chi connectivity index (χ1) is 36.0. The number of rotatable bonds is 16. The Balaban J connectivity index is 1.05. The fraction of sp³-hybridized carbons (Fsp3) is 0.945. The van der Waals surface area contributed by atoms with Gasteiger partial charge >= 0.3 is 5.97 Å². The monoisotopic (exact) mass is 1100 g/mol. The van der Waals surface area contributed by atoms with Crippen LogP contribution in [0.4, 0.5) is 0 Å². The molecule has 444 valence electrons. The number of allylic oxidation sites excluding steroid dienone is 2. The number of aliphatic hydroxyl groups excluding tert-OH is 11. The summed E-state index contributed by atoms with van der Waals surface area (Å²) in [5, 5.41) is 131. The maximum atomic E-state index is 13.0. The summed E-state index contributed by atoms with van der Waals surface area (Å²) in [6.45, 7) is 16.6. The first-order valence-corrected chi connectivity index (χ1v) is 28.1. The van der Waals surface area contributed by atoms with E-state index < -0.39 is 160 Å². The minimum absolute atomic E-state index is 0.106. The zero-order chi connectivity index (χ0) is 56.5. The highest BCUT2D eigenvalue weighted by Crippen LogP contribution is 2.76. The van der Waals surface area contributed by atoms with Gasteiger partial charge in [0.05, 0.1) is 37.6 Å². The van der Waals surface area contributed by atoms with Crippen LogP contribution in [0.15, 0.2) is 11.6 Å². The van der Waals surface area contributed by atoms with E-state index in [-0.39, 0.29) is 46.5 Å². The number of hydrogen-bond acceptors (Lipinski definition) is 22. The molecule has 4 saturated heterocycles. The quantitative estimate of drug-likeness (QED) is 0.0551. The Morgan fingerprint density at radius 3 is 1.95 bits per heavy atom. The van der Waals surface area contributed by atoms with Gasteiger partial charge in [-0.3, -0.25) is 4.79 Å². The van der Waals surface area contributed by atoms with E-state index in [1.165, 1.54) is 13.8 Å². The smallest absolute Gasteiger partial charge is 0.302 e. The van der Waals surface area contributed by atoms with Crippen molar-refractivity contribution in [3.63, 3.8) is 0 Å². The van der Waals surface area contributed by atoms with E-state index in [4.69, 9.17) is 42.6 Å². The second kappa shape index (κ2) is 23.6. The van der Waals surface area contributed by atoms with Crippen LogP contribution in [0.2, 0.25) is 0 Å². The highest BCUT2D eigenvalue weighted by atomic mass is 16.8. The molecule has 22 heteroatoms. The third-order valence-electron chi connectivity index (χ3n) is 20.7. The molecule has 0 amide bonds. The largest absolute Gasteiger partial charge is 0.463 e. The van der Waals surface area contributed by atoms with Crippen LogP contribution in [-0.2, 0) is 47.4 Å². The summed E-state index contributed by atoms with van der Waals surface area (Å²) >= 11 is 0. The maximum absolute atomic E-state index is 13.0. The van der Waals surface area contributed by atoms with Crippen LogP contribution >= 0.6 is 0 Å². The first-order valence-electron chi connectivity index (χ1n) is 28.1. The molecule has 0 aromatic carbocycles. The minimum Gasteiger partial charge on any atom is -0.463 e. The van der Waals surface area contributed by atoms with Crippen molar-refractivity contribution in [3.8, 4) is 0 Å². The molecule has 4 aliphatic carbocycles. The van der Waals surface area contributed by atoms with Gasteiger partial charge in [-0.25, -0.2) is 0 Å². The van der Waals surface area contributed by atoms with E-state index >= 15 is 0 Å². The van der Waals surface area contributed by atoms with Crippen LogP contribution in [0.1, 0.15) is 127 Å². The van der Waals surface area contributed by atoms with Crippen molar-refractivity contribution in [1.82, 2.24) is 0 Å². The summed E-state index contributed by atoms with van der Waals surface area (Å²) in [7, 11) is 0. The van der Waals surface area contributed by atoms with E-state index in [0.29, 0.717) is 19.3 Å². The van der Waals surface area contributed by atoms with Crippen molar-refractivity contribution in [2.24, 2.45) is 45.3 Å². The van der Waals surface area contributed by atoms with Gasteiger partial charge in [0, 0.05) is 6.92 Å². The molecule has 28 unspecified atom stereocenters. The summed E-state index contributed by atoms with van der Waals surface area (Å²) in [4.78, 5) is 12.2. The molecule has 4 aliphatic heterocycles. The Kier molecular flexibility index (Phi) is 18.8. The van der Waals surface area contributed by atoms with E-state index in [9.17, 15) is 66.1 Å². The molecule has 0 radical (unpaired) electrons. The molecule has 28 atom stereocenters. The van der Waals surface area contributed by atoms with E-state index in [0.717, 1.165) is 50.5 Å². The summed E-state index contributed by atoms with van der Waals surface area (Å²) < 4.78 is 55.0. The Bertz CT molecular complexity index is 2030. The fourth-order valence-electron chi connectivity index (χ4n) is 16.1. The molecule has 4 heterocycles. The minimum atomic E-state index is -1.80. The predicted octanol–water partition coefficient (Wildman–Crippen LogP) is 0.0365. The first kappa shape index (κ1) is 61.5. The number of carbonyl (C=O) groups excluding carboxylic acids is 1. The van der Waals surface area contributed by atoms with Crippen molar-refractivity contribution < 1.29 is 109 Å². The lowest BCUT2D eigenvalue weighted by atomic mass is 9.35. The Hall–Kier alpha value is -1.59. The van der Waals surface area contributed by atoms with Crippen LogP contribution < -0.4 is 0 Å². The van der Waals surface area contributed by atoms with Gasteiger partial charge in [0.1, 0.15) is 92.1 Å². The average Bonchev–Trinajstić information content (AvgIpc) is 3.74.